The van der Waals surface area contributed by atoms with Crippen LogP contribution < -0.4 is 0 Å². The SMILES string of the molecule is N#Cc1cccc(-c2cc(-n3c4ccccc4c4cc(-c5ccnc(-c6ccccc6)c5)ccc43)ncc2-n2c3ccccc3c3cc(-c4ccnc(-c5ccccc5)c4)ccc32)c1. The van der Waals surface area contributed by atoms with Crippen molar-refractivity contribution in [1.82, 2.24) is 24.1 Å². The number of hydrogen-bond donors (Lipinski definition) is 0. The molecule has 0 aliphatic heterocycles. The van der Waals surface area contributed by atoms with Gasteiger partial charge in [0.15, 0.2) is 0 Å². The van der Waals surface area contributed by atoms with E-state index in [1.54, 1.807) is 0 Å². The van der Waals surface area contributed by atoms with Gasteiger partial charge >= 0.3 is 0 Å². The van der Waals surface area contributed by atoms with Gasteiger partial charge < -0.3 is 4.57 Å². The van der Waals surface area contributed by atoms with Crippen molar-refractivity contribution in [2.75, 3.05) is 0 Å². The Balaban J connectivity index is 1.04. The summed E-state index contributed by atoms with van der Waals surface area (Å²) in [6.45, 7) is 0. The number of nitrogens with zero attached hydrogens (tertiary/aromatic N) is 6. The Hall–Kier alpha value is -8.92. The first kappa shape index (κ1) is 36.9. The monoisotopic (exact) mass is 816 g/mol. The highest BCUT2D eigenvalue weighted by atomic mass is 15.1. The zero-order valence-electron chi connectivity index (χ0n) is 34.5. The number of fused-ring (bicyclic) bond motifs is 6. The van der Waals surface area contributed by atoms with Gasteiger partial charge in [0.05, 0.1) is 57.0 Å². The van der Waals surface area contributed by atoms with Gasteiger partial charge in [0.1, 0.15) is 5.82 Å². The molecule has 0 radical (unpaired) electrons. The predicted octanol–water partition coefficient (Wildman–Crippen LogP) is 14.3. The number of hydrogen-bond acceptors (Lipinski definition) is 4. The fraction of sp³-hybridized carbons (Fsp3) is 0. The van der Waals surface area contributed by atoms with Crippen molar-refractivity contribution < 1.29 is 0 Å². The standard InChI is InChI=1S/C58H36N6/c59-36-38-12-11-17-45(30-38)48-35-58(64-54-21-10-8-19-47(54)50-32-42(23-25-56(50)64)44-27-29-61-52(34-44)40-15-5-2-6-16-40)62-37-57(48)63-53-20-9-7-18-46(53)49-31-41(22-24-55(49)63)43-26-28-60-51(33-43)39-13-3-1-4-14-39/h1-35,37H. The summed E-state index contributed by atoms with van der Waals surface area (Å²) in [5, 5.41) is 14.6. The summed E-state index contributed by atoms with van der Waals surface area (Å²) in [6, 6.07) is 71.9. The maximum Gasteiger partial charge on any atom is 0.138 e. The van der Waals surface area contributed by atoms with Crippen LogP contribution in [0, 0.1) is 11.3 Å². The second-order valence-electron chi connectivity index (χ2n) is 16.0. The third kappa shape index (κ3) is 6.22. The Morgan fingerprint density at radius 1 is 0.359 bits per heavy atom. The smallest absolute Gasteiger partial charge is 0.138 e. The van der Waals surface area contributed by atoms with Gasteiger partial charge in [0.2, 0.25) is 0 Å². The van der Waals surface area contributed by atoms with Crippen LogP contribution in [0.2, 0.25) is 0 Å². The number of aromatic nitrogens is 5. The summed E-state index contributed by atoms with van der Waals surface area (Å²) in [7, 11) is 0. The molecule has 0 saturated carbocycles. The van der Waals surface area contributed by atoms with E-state index >= 15 is 0 Å². The average Bonchev–Trinajstić information content (AvgIpc) is 3.89. The Labute approximate surface area is 369 Å². The maximum atomic E-state index is 10.1. The molecule has 0 amide bonds. The largest absolute Gasteiger partial charge is 0.307 e. The molecular formula is C58H36N6. The van der Waals surface area contributed by atoms with Crippen molar-refractivity contribution in [3.63, 3.8) is 0 Å². The summed E-state index contributed by atoms with van der Waals surface area (Å²) in [5.41, 5.74) is 16.1. The summed E-state index contributed by atoms with van der Waals surface area (Å²) in [5.74, 6) is 0.783. The van der Waals surface area contributed by atoms with Crippen LogP contribution in [-0.4, -0.2) is 24.1 Å². The predicted molar refractivity (Wildman–Crippen MR) is 260 cm³/mol. The first-order valence-corrected chi connectivity index (χ1v) is 21.3. The molecule has 6 nitrogen and oxygen atoms in total. The Morgan fingerprint density at radius 2 is 0.859 bits per heavy atom. The van der Waals surface area contributed by atoms with E-state index in [-0.39, 0.29) is 0 Å². The highest BCUT2D eigenvalue weighted by molar-refractivity contribution is 6.12. The zero-order chi connectivity index (χ0) is 42.6. The molecule has 0 aliphatic carbocycles. The highest BCUT2D eigenvalue weighted by Crippen LogP contribution is 2.41. The first-order valence-electron chi connectivity index (χ1n) is 21.3. The van der Waals surface area contributed by atoms with Crippen molar-refractivity contribution >= 4 is 43.6 Å². The minimum absolute atomic E-state index is 0.594. The van der Waals surface area contributed by atoms with E-state index in [0.717, 1.165) is 111 Å². The minimum Gasteiger partial charge on any atom is -0.307 e. The molecule has 0 N–H and O–H groups in total. The van der Waals surface area contributed by atoms with Crippen LogP contribution in [0.3, 0.4) is 0 Å². The molecule has 12 rings (SSSR count). The first-order chi connectivity index (χ1) is 31.7. The van der Waals surface area contributed by atoms with Crippen LogP contribution in [0.4, 0.5) is 0 Å². The van der Waals surface area contributed by atoms with Gasteiger partial charge in [-0.05, 0) is 107 Å². The summed E-state index contributed by atoms with van der Waals surface area (Å²) in [6.07, 6.45) is 5.77. The Kier molecular flexibility index (Phi) is 8.77. The lowest BCUT2D eigenvalue weighted by Crippen LogP contribution is -2.03. The lowest BCUT2D eigenvalue weighted by atomic mass is 10.0. The van der Waals surface area contributed by atoms with E-state index in [9.17, 15) is 5.26 Å². The van der Waals surface area contributed by atoms with E-state index < -0.39 is 0 Å². The van der Waals surface area contributed by atoms with E-state index in [4.69, 9.17) is 9.97 Å². The number of para-hydroxylation sites is 2. The molecule has 0 aliphatic rings. The molecule has 0 fully saturated rings. The fourth-order valence-electron chi connectivity index (χ4n) is 9.29. The van der Waals surface area contributed by atoms with Gasteiger partial charge in [-0.15, -0.1) is 0 Å². The topological polar surface area (TPSA) is 72.3 Å². The number of nitriles is 1. The lowest BCUT2D eigenvalue weighted by Gasteiger charge is -2.17. The third-order valence-electron chi connectivity index (χ3n) is 12.3. The van der Waals surface area contributed by atoms with Crippen LogP contribution in [0.25, 0.3) is 111 Å². The van der Waals surface area contributed by atoms with Crippen molar-refractivity contribution in [2.24, 2.45) is 0 Å². The molecule has 5 heterocycles. The van der Waals surface area contributed by atoms with Crippen molar-refractivity contribution in [3.05, 3.63) is 224 Å². The Bertz CT molecular complexity index is 3800. The van der Waals surface area contributed by atoms with Gasteiger partial charge in [0.25, 0.3) is 0 Å². The summed E-state index contributed by atoms with van der Waals surface area (Å²) >= 11 is 0. The van der Waals surface area contributed by atoms with E-state index in [1.807, 2.05) is 73.2 Å². The maximum absolute atomic E-state index is 10.1. The number of benzene rings is 7. The normalized spacial score (nSPS) is 11.4. The summed E-state index contributed by atoms with van der Waals surface area (Å²) in [4.78, 5) is 14.7. The third-order valence-corrected chi connectivity index (χ3v) is 12.3. The van der Waals surface area contributed by atoms with Gasteiger partial charge in [-0.3, -0.25) is 14.5 Å². The molecule has 0 saturated heterocycles. The molecule has 0 atom stereocenters. The molecule has 7 aromatic carbocycles. The number of pyridine rings is 3. The van der Waals surface area contributed by atoms with Crippen LogP contribution in [0.5, 0.6) is 0 Å². The van der Waals surface area contributed by atoms with E-state index in [0.29, 0.717) is 5.56 Å². The lowest BCUT2D eigenvalue weighted by molar-refractivity contribution is 1.06. The van der Waals surface area contributed by atoms with Gasteiger partial charge in [-0.1, -0.05) is 121 Å². The molecule has 6 heteroatoms. The quantitative estimate of drug-likeness (QED) is 0.161. The van der Waals surface area contributed by atoms with Crippen LogP contribution in [0.15, 0.2) is 219 Å². The van der Waals surface area contributed by atoms with Gasteiger partial charge in [0, 0.05) is 50.6 Å². The molecular weight excluding hydrogens is 781 g/mol. The molecule has 298 valence electrons. The van der Waals surface area contributed by atoms with Gasteiger partial charge in [-0.2, -0.15) is 5.26 Å². The van der Waals surface area contributed by atoms with Gasteiger partial charge in [-0.25, -0.2) is 4.98 Å². The highest BCUT2D eigenvalue weighted by Gasteiger charge is 2.21. The fourth-order valence-corrected chi connectivity index (χ4v) is 9.29. The van der Waals surface area contributed by atoms with Crippen molar-refractivity contribution in [3.8, 4) is 73.5 Å². The molecule has 5 aromatic heterocycles. The Morgan fingerprint density at radius 3 is 1.45 bits per heavy atom. The molecule has 0 bridgehead atoms. The van der Waals surface area contributed by atoms with Crippen LogP contribution in [-0.2, 0) is 0 Å². The summed E-state index contributed by atoms with van der Waals surface area (Å²) < 4.78 is 4.58. The van der Waals surface area contributed by atoms with Crippen LogP contribution in [0.1, 0.15) is 5.56 Å². The second kappa shape index (κ2) is 15.2. The minimum atomic E-state index is 0.594. The number of rotatable bonds is 7. The molecule has 0 unspecified atom stereocenters. The molecule has 12 aromatic rings. The van der Waals surface area contributed by atoms with E-state index in [2.05, 4.69) is 166 Å². The average molecular weight is 817 g/mol. The molecule has 0 spiro atoms. The zero-order valence-corrected chi connectivity index (χ0v) is 34.5. The van der Waals surface area contributed by atoms with Crippen molar-refractivity contribution in [2.45, 2.75) is 0 Å². The molecule has 64 heavy (non-hydrogen) atoms. The second-order valence-corrected chi connectivity index (χ2v) is 16.0. The van der Waals surface area contributed by atoms with Crippen molar-refractivity contribution in [1.29, 1.82) is 5.26 Å². The van der Waals surface area contributed by atoms with Crippen LogP contribution >= 0.6 is 0 Å². The van der Waals surface area contributed by atoms with E-state index in [1.165, 1.54) is 0 Å².